The highest BCUT2D eigenvalue weighted by Crippen LogP contribution is 2.35. The number of amides is 1. The summed E-state index contributed by atoms with van der Waals surface area (Å²) in [6.45, 7) is 7.47. The number of nitrogens with zero attached hydrogens (tertiary/aromatic N) is 1. The Labute approximate surface area is 116 Å². The normalized spacial score (nSPS) is 32.4. The summed E-state index contributed by atoms with van der Waals surface area (Å²) in [6.07, 6.45) is 5.73. The number of hydrogen-bond donors (Lipinski definition) is 1. The van der Waals surface area contributed by atoms with E-state index in [4.69, 9.17) is 10.5 Å². The van der Waals surface area contributed by atoms with Crippen LogP contribution in [0.1, 0.15) is 52.9 Å². The third-order valence-corrected chi connectivity index (χ3v) is 4.36. The van der Waals surface area contributed by atoms with E-state index in [1.807, 2.05) is 25.7 Å². The van der Waals surface area contributed by atoms with Crippen molar-refractivity contribution >= 4 is 6.09 Å². The van der Waals surface area contributed by atoms with Gasteiger partial charge in [0, 0.05) is 19.1 Å². The molecule has 2 fully saturated rings. The largest absolute Gasteiger partial charge is 0.444 e. The van der Waals surface area contributed by atoms with Crippen LogP contribution in [0.15, 0.2) is 0 Å². The average molecular weight is 268 g/mol. The fraction of sp³-hybridized carbons (Fsp3) is 0.933. The van der Waals surface area contributed by atoms with E-state index in [-0.39, 0.29) is 6.09 Å². The lowest BCUT2D eigenvalue weighted by atomic mass is 9.78. The summed E-state index contributed by atoms with van der Waals surface area (Å²) >= 11 is 0. The van der Waals surface area contributed by atoms with Crippen LogP contribution >= 0.6 is 0 Å². The molecule has 1 aliphatic heterocycles. The van der Waals surface area contributed by atoms with Gasteiger partial charge in [0.25, 0.3) is 0 Å². The van der Waals surface area contributed by atoms with Crippen molar-refractivity contribution in [2.75, 3.05) is 13.1 Å². The Morgan fingerprint density at radius 3 is 2.32 bits per heavy atom. The van der Waals surface area contributed by atoms with Gasteiger partial charge in [-0.25, -0.2) is 4.79 Å². The molecule has 2 rings (SSSR count). The second-order valence-electron chi connectivity index (χ2n) is 7.15. The second-order valence-corrected chi connectivity index (χ2v) is 7.15. The van der Waals surface area contributed by atoms with E-state index < -0.39 is 5.60 Å². The Morgan fingerprint density at radius 1 is 1.11 bits per heavy atom. The summed E-state index contributed by atoms with van der Waals surface area (Å²) in [5.74, 6) is 1.41. The van der Waals surface area contributed by atoms with Crippen molar-refractivity contribution in [1.29, 1.82) is 0 Å². The Kier molecular flexibility index (Phi) is 4.39. The summed E-state index contributed by atoms with van der Waals surface area (Å²) in [5.41, 5.74) is 5.56. The first-order valence-corrected chi connectivity index (χ1v) is 7.58. The van der Waals surface area contributed by atoms with Crippen molar-refractivity contribution in [2.45, 2.75) is 64.5 Å². The van der Waals surface area contributed by atoms with E-state index in [0.717, 1.165) is 38.3 Å². The fourth-order valence-electron chi connectivity index (χ4n) is 3.28. The minimum absolute atomic E-state index is 0.150. The number of carbonyl (C=O) groups is 1. The maximum absolute atomic E-state index is 12.0. The Balaban J connectivity index is 1.81. The number of likely N-dealkylation sites (tertiary alicyclic amines) is 1. The zero-order valence-electron chi connectivity index (χ0n) is 12.5. The van der Waals surface area contributed by atoms with Gasteiger partial charge in [-0.1, -0.05) is 0 Å². The van der Waals surface area contributed by atoms with Gasteiger partial charge in [0.1, 0.15) is 5.60 Å². The van der Waals surface area contributed by atoms with Crippen molar-refractivity contribution in [3.63, 3.8) is 0 Å². The Bertz CT molecular complexity index is 317. The maximum atomic E-state index is 12.0. The lowest BCUT2D eigenvalue weighted by Crippen LogP contribution is -2.36. The van der Waals surface area contributed by atoms with Gasteiger partial charge in [-0.2, -0.15) is 0 Å². The zero-order chi connectivity index (χ0) is 14.0. The molecule has 1 saturated carbocycles. The van der Waals surface area contributed by atoms with Crippen LogP contribution in [0.2, 0.25) is 0 Å². The van der Waals surface area contributed by atoms with Gasteiger partial charge in [-0.15, -0.1) is 0 Å². The molecule has 110 valence electrons. The van der Waals surface area contributed by atoms with Crippen molar-refractivity contribution in [1.82, 2.24) is 4.90 Å². The van der Waals surface area contributed by atoms with Gasteiger partial charge in [0.05, 0.1) is 0 Å². The van der Waals surface area contributed by atoms with Gasteiger partial charge in [0.2, 0.25) is 0 Å². The molecule has 2 N–H and O–H groups in total. The van der Waals surface area contributed by atoms with Crippen LogP contribution < -0.4 is 5.73 Å². The molecule has 2 aliphatic rings. The first kappa shape index (κ1) is 14.6. The van der Waals surface area contributed by atoms with E-state index in [0.29, 0.717) is 12.0 Å². The maximum Gasteiger partial charge on any atom is 0.410 e. The molecule has 0 aromatic carbocycles. The summed E-state index contributed by atoms with van der Waals surface area (Å²) in [6, 6.07) is 0.402. The van der Waals surface area contributed by atoms with Crippen molar-refractivity contribution in [3.05, 3.63) is 0 Å². The van der Waals surface area contributed by atoms with Crippen LogP contribution in [-0.2, 0) is 4.74 Å². The first-order chi connectivity index (χ1) is 8.85. The molecule has 1 aliphatic carbocycles. The van der Waals surface area contributed by atoms with Gasteiger partial charge < -0.3 is 15.4 Å². The molecule has 0 aromatic heterocycles. The highest BCUT2D eigenvalue weighted by Gasteiger charge is 2.35. The van der Waals surface area contributed by atoms with Crippen LogP contribution in [-0.4, -0.2) is 35.7 Å². The molecule has 0 bridgehead atoms. The molecule has 0 spiro atoms. The van der Waals surface area contributed by atoms with Gasteiger partial charge in [-0.05, 0) is 64.7 Å². The number of carbonyl (C=O) groups excluding carboxylic acids is 1. The predicted octanol–water partition coefficient (Wildman–Crippen LogP) is 2.76. The van der Waals surface area contributed by atoms with Crippen LogP contribution in [0.25, 0.3) is 0 Å². The molecule has 1 saturated heterocycles. The molecule has 4 nitrogen and oxygen atoms in total. The van der Waals surface area contributed by atoms with Gasteiger partial charge in [0.15, 0.2) is 0 Å². The molecular formula is C15H28N2O2. The van der Waals surface area contributed by atoms with Gasteiger partial charge >= 0.3 is 6.09 Å². The molecule has 1 amide bonds. The monoisotopic (exact) mass is 268 g/mol. The van der Waals surface area contributed by atoms with Crippen molar-refractivity contribution < 1.29 is 9.53 Å². The van der Waals surface area contributed by atoms with E-state index >= 15 is 0 Å². The first-order valence-electron chi connectivity index (χ1n) is 7.58. The van der Waals surface area contributed by atoms with Crippen molar-refractivity contribution in [2.24, 2.45) is 17.6 Å². The van der Waals surface area contributed by atoms with Crippen molar-refractivity contribution in [3.8, 4) is 0 Å². The topological polar surface area (TPSA) is 55.6 Å². The lowest BCUT2D eigenvalue weighted by Gasteiger charge is -2.30. The third kappa shape index (κ3) is 4.10. The number of hydrogen-bond acceptors (Lipinski definition) is 3. The van der Waals surface area contributed by atoms with E-state index in [2.05, 4.69) is 0 Å². The molecule has 4 heteroatoms. The highest BCUT2D eigenvalue weighted by molar-refractivity contribution is 5.68. The van der Waals surface area contributed by atoms with Crippen LogP contribution in [0, 0.1) is 11.8 Å². The standard InChI is InChI=1S/C15H28N2O2/c1-15(2,3)19-14(18)17-9-8-12(10-17)11-4-6-13(16)7-5-11/h11-13H,4-10,16H2,1-3H3/t11?,12-,13?/m1/s1. The Morgan fingerprint density at radius 2 is 1.74 bits per heavy atom. The average Bonchev–Trinajstić information content (AvgIpc) is 2.77. The zero-order valence-corrected chi connectivity index (χ0v) is 12.5. The highest BCUT2D eigenvalue weighted by atomic mass is 16.6. The lowest BCUT2D eigenvalue weighted by molar-refractivity contribution is 0.0281. The number of nitrogens with two attached hydrogens (primary N) is 1. The molecule has 0 aromatic rings. The Hall–Kier alpha value is -0.770. The van der Waals surface area contributed by atoms with Gasteiger partial charge in [-0.3, -0.25) is 0 Å². The summed E-state index contributed by atoms with van der Waals surface area (Å²) in [4.78, 5) is 13.9. The third-order valence-electron chi connectivity index (χ3n) is 4.36. The predicted molar refractivity (Wildman–Crippen MR) is 75.8 cm³/mol. The quantitative estimate of drug-likeness (QED) is 0.795. The van der Waals surface area contributed by atoms with Crippen LogP contribution in [0.4, 0.5) is 4.79 Å². The van der Waals surface area contributed by atoms with E-state index in [1.165, 1.54) is 12.8 Å². The van der Waals surface area contributed by atoms with Crippen LogP contribution in [0.5, 0.6) is 0 Å². The second kappa shape index (κ2) is 5.70. The minimum Gasteiger partial charge on any atom is -0.444 e. The number of rotatable bonds is 1. The fourth-order valence-corrected chi connectivity index (χ4v) is 3.28. The molecule has 19 heavy (non-hydrogen) atoms. The molecule has 0 unspecified atom stereocenters. The van der Waals surface area contributed by atoms with E-state index in [1.54, 1.807) is 0 Å². The number of ether oxygens (including phenoxy) is 1. The smallest absolute Gasteiger partial charge is 0.410 e. The summed E-state index contributed by atoms with van der Waals surface area (Å²) in [5, 5.41) is 0. The molecule has 1 atom stereocenters. The minimum atomic E-state index is -0.396. The summed E-state index contributed by atoms with van der Waals surface area (Å²) < 4.78 is 5.44. The van der Waals surface area contributed by atoms with Crippen LogP contribution in [0.3, 0.4) is 0 Å². The SMILES string of the molecule is CC(C)(C)OC(=O)N1CC[C@@H](C2CCC(N)CC2)C1. The molecular weight excluding hydrogens is 240 g/mol. The van der Waals surface area contributed by atoms with E-state index in [9.17, 15) is 4.79 Å². The summed E-state index contributed by atoms with van der Waals surface area (Å²) in [7, 11) is 0. The molecule has 1 heterocycles. The molecule has 0 radical (unpaired) electrons.